The second-order valence-corrected chi connectivity index (χ2v) is 14.2. The Morgan fingerprint density at radius 1 is 0.298 bits per heavy atom. The highest BCUT2D eigenvalue weighted by atomic mass is 15.2. The summed E-state index contributed by atoms with van der Waals surface area (Å²) in [4.78, 5) is 4.77. The number of fused-ring (bicyclic) bond motifs is 3. The van der Waals surface area contributed by atoms with Crippen molar-refractivity contribution in [2.75, 3.05) is 9.80 Å². The fourth-order valence-corrected chi connectivity index (χ4v) is 8.18. The van der Waals surface area contributed by atoms with Crippen LogP contribution in [0.25, 0.3) is 49.7 Å². The summed E-state index contributed by atoms with van der Waals surface area (Å²) in [5, 5.41) is 2.41. The van der Waals surface area contributed by atoms with E-state index in [4.69, 9.17) is 0 Å². The molecule has 0 bridgehead atoms. The zero-order valence-electron chi connectivity index (χ0n) is 31.4. The summed E-state index contributed by atoms with van der Waals surface area (Å²) in [6, 6.07) is 84.8. The minimum Gasteiger partial charge on any atom is -0.311 e. The highest BCUT2D eigenvalue weighted by Crippen LogP contribution is 2.49. The summed E-state index contributed by atoms with van der Waals surface area (Å²) in [7, 11) is 0. The van der Waals surface area contributed by atoms with Gasteiger partial charge in [0.1, 0.15) is 0 Å². The molecule has 3 nitrogen and oxygen atoms in total. The average molecular weight is 730 g/mol. The van der Waals surface area contributed by atoms with Gasteiger partial charge in [0.25, 0.3) is 0 Å². The first kappa shape index (κ1) is 33.9. The molecule has 0 N–H and O–H groups in total. The van der Waals surface area contributed by atoms with Gasteiger partial charge >= 0.3 is 0 Å². The Kier molecular flexibility index (Phi) is 8.86. The molecule has 0 unspecified atom stereocenters. The molecule has 0 saturated heterocycles. The molecule has 10 aromatic rings. The number of para-hydroxylation sites is 5. The molecule has 1 heterocycles. The lowest BCUT2D eigenvalue weighted by Gasteiger charge is -2.30. The molecule has 0 amide bonds. The smallest absolute Gasteiger partial charge is 0.0788 e. The van der Waals surface area contributed by atoms with Crippen LogP contribution in [0.4, 0.5) is 34.1 Å². The number of hydrogen-bond donors (Lipinski definition) is 0. The van der Waals surface area contributed by atoms with Gasteiger partial charge in [0.2, 0.25) is 0 Å². The fourth-order valence-electron chi connectivity index (χ4n) is 8.18. The van der Waals surface area contributed by atoms with Crippen molar-refractivity contribution in [1.82, 2.24) is 4.57 Å². The van der Waals surface area contributed by atoms with Gasteiger partial charge < -0.3 is 14.4 Å². The molecule has 1 aromatic heterocycles. The maximum Gasteiger partial charge on any atom is 0.0788 e. The molecule has 10 rings (SSSR count). The largest absolute Gasteiger partial charge is 0.311 e. The Bertz CT molecular complexity index is 2880. The van der Waals surface area contributed by atoms with Gasteiger partial charge in [-0.1, -0.05) is 158 Å². The highest BCUT2D eigenvalue weighted by Gasteiger charge is 2.26. The van der Waals surface area contributed by atoms with Crippen LogP contribution >= 0.6 is 0 Å². The van der Waals surface area contributed by atoms with E-state index in [-0.39, 0.29) is 0 Å². The lowest BCUT2D eigenvalue weighted by molar-refractivity contribution is 1.17. The van der Waals surface area contributed by atoms with Gasteiger partial charge in [0.15, 0.2) is 0 Å². The zero-order chi connectivity index (χ0) is 38.0. The van der Waals surface area contributed by atoms with Crippen LogP contribution in [-0.2, 0) is 0 Å². The standard InChI is InChI=1S/C54H39N3/c1-6-19-40(20-7-1)42-21-18-30-48(39-42)56(45-26-12-4-13-27-45)53-49(37-38-51-50-31-16-17-32-52(50)57(54(51)53)46-28-14-5-15-29-46)41-33-35-47(36-34-41)55(43-22-8-2-9-23-43)44-24-10-3-11-25-44/h1-39H. The van der Waals surface area contributed by atoms with E-state index in [9.17, 15) is 0 Å². The van der Waals surface area contributed by atoms with Crippen LogP contribution < -0.4 is 9.80 Å². The van der Waals surface area contributed by atoms with Gasteiger partial charge in [0, 0.05) is 50.5 Å². The molecule has 0 aliphatic carbocycles. The van der Waals surface area contributed by atoms with Gasteiger partial charge in [-0.25, -0.2) is 0 Å². The van der Waals surface area contributed by atoms with Gasteiger partial charge in [-0.2, -0.15) is 0 Å². The quantitative estimate of drug-likeness (QED) is 0.147. The van der Waals surface area contributed by atoms with E-state index in [1.807, 2.05) is 0 Å². The van der Waals surface area contributed by atoms with Gasteiger partial charge in [0.05, 0.1) is 16.7 Å². The van der Waals surface area contributed by atoms with Gasteiger partial charge in [-0.3, -0.25) is 0 Å². The Labute approximate surface area is 333 Å². The van der Waals surface area contributed by atoms with Crippen molar-refractivity contribution >= 4 is 55.9 Å². The number of hydrogen-bond acceptors (Lipinski definition) is 2. The van der Waals surface area contributed by atoms with E-state index in [1.165, 1.54) is 21.9 Å². The van der Waals surface area contributed by atoms with E-state index < -0.39 is 0 Å². The summed E-state index contributed by atoms with van der Waals surface area (Å²) < 4.78 is 2.45. The van der Waals surface area contributed by atoms with Crippen LogP contribution in [0.1, 0.15) is 0 Å². The predicted octanol–water partition coefficient (Wildman–Crippen LogP) is 15.1. The van der Waals surface area contributed by atoms with Crippen LogP contribution in [0.2, 0.25) is 0 Å². The van der Waals surface area contributed by atoms with Crippen molar-refractivity contribution < 1.29 is 0 Å². The van der Waals surface area contributed by atoms with Crippen molar-refractivity contribution in [1.29, 1.82) is 0 Å². The third-order valence-corrected chi connectivity index (χ3v) is 10.7. The van der Waals surface area contributed by atoms with Crippen LogP contribution in [0, 0.1) is 0 Å². The Morgan fingerprint density at radius 2 is 0.789 bits per heavy atom. The summed E-state index contributed by atoms with van der Waals surface area (Å²) >= 11 is 0. The minimum atomic E-state index is 1.08. The topological polar surface area (TPSA) is 11.4 Å². The maximum absolute atomic E-state index is 2.45. The minimum absolute atomic E-state index is 1.08. The normalized spacial score (nSPS) is 11.2. The van der Waals surface area contributed by atoms with E-state index in [2.05, 4.69) is 251 Å². The molecule has 0 aliphatic rings. The van der Waals surface area contributed by atoms with Crippen molar-refractivity contribution in [3.63, 3.8) is 0 Å². The second-order valence-electron chi connectivity index (χ2n) is 14.2. The summed E-state index contributed by atoms with van der Waals surface area (Å²) in [6.07, 6.45) is 0. The summed E-state index contributed by atoms with van der Waals surface area (Å²) in [5.41, 5.74) is 14.6. The Morgan fingerprint density at radius 3 is 1.42 bits per heavy atom. The van der Waals surface area contributed by atoms with E-state index in [0.29, 0.717) is 0 Å². The molecule has 0 saturated carbocycles. The zero-order valence-corrected chi connectivity index (χ0v) is 31.4. The SMILES string of the molecule is c1ccc(-c2cccc(N(c3ccccc3)c3c(-c4ccc(N(c5ccccc5)c5ccccc5)cc4)ccc4c5ccccc5n(-c5ccccc5)c34)c2)cc1. The maximum atomic E-state index is 2.45. The predicted molar refractivity (Wildman–Crippen MR) is 241 cm³/mol. The summed E-state index contributed by atoms with van der Waals surface area (Å²) in [5.74, 6) is 0. The second kappa shape index (κ2) is 14.9. The highest BCUT2D eigenvalue weighted by molar-refractivity contribution is 6.17. The number of rotatable bonds is 9. The molecule has 57 heavy (non-hydrogen) atoms. The molecule has 0 aliphatic heterocycles. The molecular weight excluding hydrogens is 691 g/mol. The molecule has 9 aromatic carbocycles. The first-order chi connectivity index (χ1) is 28.3. The van der Waals surface area contributed by atoms with Crippen molar-refractivity contribution in [3.05, 3.63) is 237 Å². The van der Waals surface area contributed by atoms with Crippen LogP contribution in [-0.4, -0.2) is 4.57 Å². The van der Waals surface area contributed by atoms with Crippen LogP contribution in [0.3, 0.4) is 0 Å². The van der Waals surface area contributed by atoms with Gasteiger partial charge in [-0.15, -0.1) is 0 Å². The lowest BCUT2D eigenvalue weighted by atomic mass is 9.97. The number of nitrogens with zero attached hydrogens (tertiary/aromatic N) is 3. The molecule has 0 atom stereocenters. The Balaban J connectivity index is 1.26. The van der Waals surface area contributed by atoms with Crippen molar-refractivity contribution in [2.24, 2.45) is 0 Å². The van der Waals surface area contributed by atoms with Crippen molar-refractivity contribution in [3.8, 4) is 27.9 Å². The number of aromatic nitrogens is 1. The molecule has 0 spiro atoms. The third kappa shape index (κ3) is 6.31. The molecule has 270 valence electrons. The van der Waals surface area contributed by atoms with E-state index >= 15 is 0 Å². The van der Waals surface area contributed by atoms with Crippen LogP contribution in [0.5, 0.6) is 0 Å². The first-order valence-electron chi connectivity index (χ1n) is 19.4. The van der Waals surface area contributed by atoms with E-state index in [1.54, 1.807) is 0 Å². The molecule has 0 fully saturated rings. The Hall–Kier alpha value is -7.62. The van der Waals surface area contributed by atoms with Crippen molar-refractivity contribution in [2.45, 2.75) is 0 Å². The number of anilines is 6. The van der Waals surface area contributed by atoms with E-state index in [0.717, 1.165) is 62.0 Å². The van der Waals surface area contributed by atoms with Gasteiger partial charge in [-0.05, 0) is 95.6 Å². The first-order valence-corrected chi connectivity index (χ1v) is 19.4. The molecule has 0 radical (unpaired) electrons. The van der Waals surface area contributed by atoms with Crippen LogP contribution in [0.15, 0.2) is 237 Å². The fraction of sp³-hybridized carbons (Fsp3) is 0. The third-order valence-electron chi connectivity index (χ3n) is 10.7. The molecular formula is C54H39N3. The average Bonchev–Trinajstić information content (AvgIpc) is 3.63. The monoisotopic (exact) mass is 729 g/mol. The lowest BCUT2D eigenvalue weighted by Crippen LogP contribution is -2.13. The molecule has 3 heteroatoms. The number of benzene rings is 9. The summed E-state index contributed by atoms with van der Waals surface area (Å²) in [6.45, 7) is 0.